The fraction of sp³-hybridized carbons (Fsp3) is 0.562. The van der Waals surface area contributed by atoms with E-state index < -0.39 is 17.2 Å². The van der Waals surface area contributed by atoms with Crippen molar-refractivity contribution in [1.29, 1.82) is 5.26 Å². The Morgan fingerprint density at radius 3 is 2.68 bits per heavy atom. The Bertz CT molecular complexity index is 586. The number of halogens is 2. The van der Waals surface area contributed by atoms with Gasteiger partial charge in [0.25, 0.3) is 0 Å². The molecule has 0 radical (unpaired) electrons. The van der Waals surface area contributed by atoms with Gasteiger partial charge in [-0.05, 0) is 31.9 Å². The van der Waals surface area contributed by atoms with Crippen LogP contribution in [0.5, 0.6) is 0 Å². The summed E-state index contributed by atoms with van der Waals surface area (Å²) < 4.78 is 40.1. The van der Waals surface area contributed by atoms with Gasteiger partial charge in [0.1, 0.15) is 11.3 Å². The molecule has 0 N–H and O–H groups in total. The molecule has 2 aliphatic rings. The molecule has 2 fully saturated rings. The smallest absolute Gasteiger partial charge is 0.150 e. The van der Waals surface area contributed by atoms with E-state index in [0.29, 0.717) is 26.3 Å². The van der Waals surface area contributed by atoms with Crippen LogP contribution in [-0.4, -0.2) is 38.0 Å². The van der Waals surface area contributed by atoms with Crippen molar-refractivity contribution >= 4 is 5.69 Å². The summed E-state index contributed by atoms with van der Waals surface area (Å²) in [5.41, 5.74) is -0.613. The maximum Gasteiger partial charge on any atom is 0.150 e. The van der Waals surface area contributed by atoms with E-state index in [1.54, 1.807) is 11.0 Å². The molecule has 1 aromatic carbocycles. The van der Waals surface area contributed by atoms with Crippen LogP contribution in [0.2, 0.25) is 0 Å². The van der Waals surface area contributed by atoms with Crippen LogP contribution < -0.4 is 4.90 Å². The van der Waals surface area contributed by atoms with E-state index in [9.17, 15) is 8.78 Å². The summed E-state index contributed by atoms with van der Waals surface area (Å²) in [5, 5.41) is 8.80. The Kier molecular flexibility index (Phi) is 4.02. The summed E-state index contributed by atoms with van der Waals surface area (Å²) in [7, 11) is 0. The summed E-state index contributed by atoms with van der Waals surface area (Å²) in [6.45, 7) is 3.81. The molecule has 2 aliphatic heterocycles. The molecule has 2 heterocycles. The maximum absolute atomic E-state index is 14.3. The van der Waals surface area contributed by atoms with Crippen LogP contribution in [0.15, 0.2) is 12.1 Å². The zero-order valence-corrected chi connectivity index (χ0v) is 12.4. The average molecular weight is 308 g/mol. The molecule has 2 atom stereocenters. The Hall–Kier alpha value is -1.71. The summed E-state index contributed by atoms with van der Waals surface area (Å²) >= 11 is 0. The zero-order valence-electron chi connectivity index (χ0n) is 12.4. The third-order valence-corrected chi connectivity index (χ3v) is 4.16. The molecule has 2 saturated heterocycles. The molecule has 1 spiro atoms. The monoisotopic (exact) mass is 308 g/mol. The van der Waals surface area contributed by atoms with E-state index in [-0.39, 0.29) is 17.4 Å². The lowest BCUT2D eigenvalue weighted by molar-refractivity contribution is -0.160. The number of hydrogen-bond acceptors (Lipinski definition) is 4. The number of nitriles is 1. The number of anilines is 1. The van der Waals surface area contributed by atoms with E-state index in [1.165, 1.54) is 0 Å². The van der Waals surface area contributed by atoms with Gasteiger partial charge in [0, 0.05) is 19.7 Å². The van der Waals surface area contributed by atoms with Crippen molar-refractivity contribution < 1.29 is 18.3 Å². The summed E-state index contributed by atoms with van der Waals surface area (Å²) in [5.74, 6) is -1.42. The first-order valence-corrected chi connectivity index (χ1v) is 7.43. The number of benzene rings is 1. The van der Waals surface area contributed by atoms with Crippen molar-refractivity contribution in [2.45, 2.75) is 31.5 Å². The minimum Gasteiger partial charge on any atom is -0.378 e. The number of nitrogens with zero attached hydrogens (tertiary/aromatic N) is 2. The van der Waals surface area contributed by atoms with Crippen molar-refractivity contribution in [3.63, 3.8) is 0 Å². The quantitative estimate of drug-likeness (QED) is 0.800. The maximum atomic E-state index is 14.3. The van der Waals surface area contributed by atoms with Crippen LogP contribution in [0.1, 0.15) is 25.3 Å². The minimum absolute atomic E-state index is 0.0178. The third-order valence-electron chi connectivity index (χ3n) is 4.16. The first kappa shape index (κ1) is 15.2. The number of hydrogen-bond donors (Lipinski definition) is 0. The van der Waals surface area contributed by atoms with Gasteiger partial charge in [-0.2, -0.15) is 5.26 Å². The molecular formula is C16H18F2N2O2. The minimum atomic E-state index is -0.711. The fourth-order valence-corrected chi connectivity index (χ4v) is 3.37. The lowest BCUT2D eigenvalue weighted by Gasteiger charge is -2.48. The van der Waals surface area contributed by atoms with Crippen LogP contribution in [0.3, 0.4) is 0 Å². The lowest BCUT2D eigenvalue weighted by Crippen LogP contribution is -2.59. The van der Waals surface area contributed by atoms with Crippen molar-refractivity contribution in [2.75, 3.05) is 31.2 Å². The first-order chi connectivity index (χ1) is 10.5. The molecule has 4 nitrogen and oxygen atoms in total. The normalized spacial score (nSPS) is 28.6. The van der Waals surface area contributed by atoms with E-state index >= 15 is 0 Å². The highest BCUT2D eigenvalue weighted by atomic mass is 19.1. The third kappa shape index (κ3) is 2.79. The largest absolute Gasteiger partial charge is 0.378 e. The van der Waals surface area contributed by atoms with Crippen molar-refractivity contribution in [2.24, 2.45) is 0 Å². The second-order valence-corrected chi connectivity index (χ2v) is 6.05. The van der Waals surface area contributed by atoms with Gasteiger partial charge in [-0.1, -0.05) is 0 Å². The average Bonchev–Trinajstić information content (AvgIpc) is 2.46. The van der Waals surface area contributed by atoms with E-state index in [4.69, 9.17) is 14.7 Å². The second-order valence-electron chi connectivity index (χ2n) is 6.05. The number of ether oxygens (including phenoxy) is 2. The number of morpholine rings is 1. The van der Waals surface area contributed by atoms with Gasteiger partial charge >= 0.3 is 0 Å². The van der Waals surface area contributed by atoms with Crippen LogP contribution in [0.25, 0.3) is 0 Å². The highest BCUT2D eigenvalue weighted by molar-refractivity contribution is 5.53. The van der Waals surface area contributed by atoms with Gasteiger partial charge in [0.15, 0.2) is 11.6 Å². The Labute approximate surface area is 128 Å². The van der Waals surface area contributed by atoms with Crippen LogP contribution in [0, 0.1) is 23.0 Å². The van der Waals surface area contributed by atoms with E-state index in [2.05, 4.69) is 0 Å². The van der Waals surface area contributed by atoms with Crippen LogP contribution in [0.4, 0.5) is 14.5 Å². The van der Waals surface area contributed by atoms with Gasteiger partial charge in [0.05, 0.1) is 24.3 Å². The van der Waals surface area contributed by atoms with Gasteiger partial charge in [0.2, 0.25) is 0 Å². The predicted molar refractivity (Wildman–Crippen MR) is 76.6 cm³/mol. The second kappa shape index (κ2) is 5.82. The molecule has 6 heteroatoms. The van der Waals surface area contributed by atoms with Gasteiger partial charge < -0.3 is 14.4 Å². The van der Waals surface area contributed by atoms with Crippen molar-refractivity contribution in [3.8, 4) is 6.07 Å². The van der Waals surface area contributed by atoms with Crippen LogP contribution >= 0.6 is 0 Å². The molecule has 0 bridgehead atoms. The summed E-state index contributed by atoms with van der Waals surface area (Å²) in [6.07, 6.45) is 1.54. The zero-order chi connectivity index (χ0) is 15.7. The highest BCUT2D eigenvalue weighted by Crippen LogP contribution is 2.34. The molecule has 1 aromatic rings. The van der Waals surface area contributed by atoms with Gasteiger partial charge in [-0.25, -0.2) is 8.78 Å². The van der Waals surface area contributed by atoms with Gasteiger partial charge in [-0.3, -0.25) is 0 Å². The molecular weight excluding hydrogens is 290 g/mol. The Balaban J connectivity index is 1.92. The van der Waals surface area contributed by atoms with Crippen molar-refractivity contribution in [3.05, 3.63) is 29.3 Å². The Morgan fingerprint density at radius 1 is 1.36 bits per heavy atom. The summed E-state index contributed by atoms with van der Waals surface area (Å²) in [6, 6.07) is 3.91. The Morgan fingerprint density at radius 2 is 2.09 bits per heavy atom. The fourth-order valence-electron chi connectivity index (χ4n) is 3.37. The molecule has 0 saturated carbocycles. The highest BCUT2D eigenvalue weighted by Gasteiger charge is 2.42. The molecule has 118 valence electrons. The SMILES string of the molecule is CC1CN(c2c(F)cc(C#N)cc2F)CC2(CCCOC2)O1. The molecule has 0 aliphatic carbocycles. The number of rotatable bonds is 1. The summed E-state index contributed by atoms with van der Waals surface area (Å²) in [4.78, 5) is 1.68. The molecule has 2 unspecified atom stereocenters. The van der Waals surface area contributed by atoms with E-state index in [0.717, 1.165) is 25.0 Å². The topological polar surface area (TPSA) is 45.5 Å². The molecule has 3 rings (SSSR count). The molecule has 22 heavy (non-hydrogen) atoms. The molecule has 0 aromatic heterocycles. The van der Waals surface area contributed by atoms with Crippen LogP contribution in [-0.2, 0) is 9.47 Å². The van der Waals surface area contributed by atoms with E-state index in [1.807, 2.05) is 6.92 Å². The van der Waals surface area contributed by atoms with Crippen molar-refractivity contribution in [1.82, 2.24) is 0 Å². The molecule has 0 amide bonds. The van der Waals surface area contributed by atoms with Gasteiger partial charge in [-0.15, -0.1) is 0 Å². The standard InChI is InChI=1S/C16H18F2N2O2/c1-11-8-20(9-16(22-11)3-2-4-21-10-16)15-13(17)5-12(7-19)6-14(15)18/h5-6,11H,2-4,8-10H2,1H3. The predicted octanol–water partition coefficient (Wildman–Crippen LogP) is 2.61. The first-order valence-electron chi connectivity index (χ1n) is 7.43. The lowest BCUT2D eigenvalue weighted by atomic mass is 9.93.